The van der Waals surface area contributed by atoms with Crippen molar-refractivity contribution in [1.29, 1.82) is 0 Å². The molecule has 0 aromatic rings. The maximum atomic E-state index is 3.65. The zero-order chi connectivity index (χ0) is 6.97. The number of hydrogen-bond acceptors (Lipinski definition) is 1. The molecule has 2 rings (SSSR count). The quantitative estimate of drug-likeness (QED) is 0.620. The summed E-state index contributed by atoms with van der Waals surface area (Å²) in [7, 11) is 0. The molecule has 1 atom stereocenters. The molecular weight excluding hydrogens is 190 g/mol. The Balaban J connectivity index is 1.72. The molecule has 1 saturated heterocycles. The summed E-state index contributed by atoms with van der Waals surface area (Å²) in [6.07, 6.45) is 4.33. The van der Waals surface area contributed by atoms with Crippen LogP contribution >= 0.6 is 15.9 Å². The van der Waals surface area contributed by atoms with Crippen LogP contribution in [0.2, 0.25) is 0 Å². The van der Waals surface area contributed by atoms with E-state index in [4.69, 9.17) is 0 Å². The summed E-state index contributed by atoms with van der Waals surface area (Å²) >= 11 is 3.65. The first-order valence-corrected chi connectivity index (χ1v) is 5.12. The Bertz CT molecular complexity index is 122. The minimum Gasteiger partial charge on any atom is -0.302 e. The van der Waals surface area contributed by atoms with E-state index in [1.54, 1.807) is 0 Å². The van der Waals surface area contributed by atoms with Crippen LogP contribution in [-0.2, 0) is 0 Å². The molecule has 1 heterocycles. The summed E-state index contributed by atoms with van der Waals surface area (Å²) in [5.41, 5.74) is 0. The van der Waals surface area contributed by atoms with Crippen LogP contribution in [0, 0.1) is 5.92 Å². The van der Waals surface area contributed by atoms with Gasteiger partial charge in [0.15, 0.2) is 0 Å². The topological polar surface area (TPSA) is 3.24 Å². The van der Waals surface area contributed by atoms with Crippen molar-refractivity contribution in [1.82, 2.24) is 4.90 Å². The summed E-state index contributed by atoms with van der Waals surface area (Å²) in [6.45, 7) is 3.99. The molecule has 1 aliphatic heterocycles. The van der Waals surface area contributed by atoms with E-state index in [9.17, 15) is 0 Å². The Morgan fingerprint density at radius 3 is 2.60 bits per heavy atom. The molecule has 1 saturated carbocycles. The highest BCUT2D eigenvalue weighted by molar-refractivity contribution is 9.09. The summed E-state index contributed by atoms with van der Waals surface area (Å²) in [5.74, 6) is 1.07. The molecule has 10 heavy (non-hydrogen) atoms. The van der Waals surface area contributed by atoms with Crippen LogP contribution in [0.25, 0.3) is 0 Å². The van der Waals surface area contributed by atoms with Gasteiger partial charge in [-0.25, -0.2) is 0 Å². The van der Waals surface area contributed by atoms with Gasteiger partial charge in [0.25, 0.3) is 0 Å². The van der Waals surface area contributed by atoms with Crippen LogP contribution in [0.4, 0.5) is 0 Å². The van der Waals surface area contributed by atoms with Crippen LogP contribution < -0.4 is 0 Å². The molecule has 2 aliphatic rings. The number of likely N-dealkylation sites (tertiary alicyclic amines) is 1. The fraction of sp³-hybridized carbons (Fsp3) is 1.00. The number of alkyl halides is 1. The summed E-state index contributed by atoms with van der Waals surface area (Å²) in [4.78, 5) is 3.38. The van der Waals surface area contributed by atoms with E-state index in [0.29, 0.717) is 0 Å². The SMILES string of the molecule is BrC1CCN(CC2CC2)C1. The van der Waals surface area contributed by atoms with Crippen molar-refractivity contribution in [3.63, 3.8) is 0 Å². The third kappa shape index (κ3) is 1.73. The molecule has 0 N–H and O–H groups in total. The third-order valence-electron chi connectivity index (χ3n) is 2.43. The normalized spacial score (nSPS) is 35.1. The average molecular weight is 204 g/mol. The second-order valence-electron chi connectivity index (χ2n) is 3.59. The number of halogens is 1. The minimum atomic E-state index is 0.784. The molecule has 2 heteroatoms. The molecule has 58 valence electrons. The van der Waals surface area contributed by atoms with Crippen molar-refractivity contribution < 1.29 is 0 Å². The number of hydrogen-bond donors (Lipinski definition) is 0. The van der Waals surface area contributed by atoms with Gasteiger partial charge < -0.3 is 4.90 Å². The smallest absolute Gasteiger partial charge is 0.0285 e. The molecule has 0 spiro atoms. The van der Waals surface area contributed by atoms with Crippen molar-refractivity contribution in [3.05, 3.63) is 0 Å². The first-order valence-electron chi connectivity index (χ1n) is 4.21. The Hall–Kier alpha value is 0.440. The zero-order valence-corrected chi connectivity index (χ0v) is 7.81. The molecule has 0 aromatic carbocycles. The van der Waals surface area contributed by atoms with Gasteiger partial charge in [-0.3, -0.25) is 0 Å². The van der Waals surface area contributed by atoms with Crippen molar-refractivity contribution in [2.75, 3.05) is 19.6 Å². The lowest BCUT2D eigenvalue weighted by molar-refractivity contribution is 0.325. The van der Waals surface area contributed by atoms with Crippen LogP contribution in [0.5, 0.6) is 0 Å². The fourth-order valence-corrected chi connectivity index (χ4v) is 2.23. The highest BCUT2D eigenvalue weighted by Gasteiger charge is 2.27. The van der Waals surface area contributed by atoms with Crippen molar-refractivity contribution >= 4 is 15.9 Å². The van der Waals surface area contributed by atoms with E-state index < -0.39 is 0 Å². The number of nitrogens with zero attached hydrogens (tertiary/aromatic N) is 1. The van der Waals surface area contributed by atoms with Gasteiger partial charge in [-0.1, -0.05) is 15.9 Å². The van der Waals surface area contributed by atoms with E-state index in [1.165, 1.54) is 38.9 Å². The summed E-state index contributed by atoms with van der Waals surface area (Å²) in [6, 6.07) is 0. The second kappa shape index (κ2) is 2.82. The highest BCUT2D eigenvalue weighted by atomic mass is 79.9. The van der Waals surface area contributed by atoms with Gasteiger partial charge in [0.05, 0.1) is 0 Å². The van der Waals surface area contributed by atoms with Gasteiger partial charge in [-0.05, 0) is 31.7 Å². The van der Waals surface area contributed by atoms with E-state index in [1.807, 2.05) is 0 Å². The van der Waals surface area contributed by atoms with Crippen molar-refractivity contribution in [2.24, 2.45) is 5.92 Å². The Labute approximate surface area is 70.9 Å². The predicted octanol–water partition coefficient (Wildman–Crippen LogP) is 1.87. The standard InChI is InChI=1S/C8H14BrN/c9-8-3-4-10(6-8)5-7-1-2-7/h7-8H,1-6H2. The molecule has 0 bridgehead atoms. The van der Waals surface area contributed by atoms with Crippen LogP contribution in [0.1, 0.15) is 19.3 Å². The molecular formula is C8H14BrN. The van der Waals surface area contributed by atoms with E-state index in [2.05, 4.69) is 20.8 Å². The van der Waals surface area contributed by atoms with Crippen LogP contribution in [0.15, 0.2) is 0 Å². The van der Waals surface area contributed by atoms with Gasteiger partial charge in [-0.2, -0.15) is 0 Å². The lowest BCUT2D eigenvalue weighted by atomic mass is 10.4. The van der Waals surface area contributed by atoms with E-state index in [0.717, 1.165) is 10.7 Å². The Morgan fingerprint density at radius 1 is 1.30 bits per heavy atom. The predicted molar refractivity (Wildman–Crippen MR) is 46.5 cm³/mol. The molecule has 1 unspecified atom stereocenters. The molecule has 0 aromatic heterocycles. The van der Waals surface area contributed by atoms with Crippen molar-refractivity contribution in [2.45, 2.75) is 24.1 Å². The maximum absolute atomic E-state index is 3.65. The second-order valence-corrected chi connectivity index (χ2v) is 4.88. The van der Waals surface area contributed by atoms with Gasteiger partial charge in [0, 0.05) is 17.9 Å². The molecule has 0 amide bonds. The van der Waals surface area contributed by atoms with Gasteiger partial charge in [-0.15, -0.1) is 0 Å². The Kier molecular flexibility index (Phi) is 2.01. The first-order chi connectivity index (χ1) is 4.84. The van der Waals surface area contributed by atoms with Crippen LogP contribution in [0.3, 0.4) is 0 Å². The van der Waals surface area contributed by atoms with Crippen LogP contribution in [-0.4, -0.2) is 29.4 Å². The first kappa shape index (κ1) is 7.11. The maximum Gasteiger partial charge on any atom is 0.0285 e. The molecule has 0 radical (unpaired) electrons. The average Bonchev–Trinajstić information content (AvgIpc) is 2.59. The van der Waals surface area contributed by atoms with Crippen molar-refractivity contribution in [3.8, 4) is 0 Å². The number of rotatable bonds is 2. The zero-order valence-electron chi connectivity index (χ0n) is 6.22. The molecule has 2 fully saturated rings. The van der Waals surface area contributed by atoms with Gasteiger partial charge in [0.1, 0.15) is 0 Å². The van der Waals surface area contributed by atoms with Gasteiger partial charge in [0.2, 0.25) is 0 Å². The third-order valence-corrected chi connectivity index (χ3v) is 3.18. The summed E-state index contributed by atoms with van der Waals surface area (Å²) < 4.78 is 0. The van der Waals surface area contributed by atoms with E-state index in [-0.39, 0.29) is 0 Å². The van der Waals surface area contributed by atoms with E-state index >= 15 is 0 Å². The van der Waals surface area contributed by atoms with Gasteiger partial charge >= 0.3 is 0 Å². The largest absolute Gasteiger partial charge is 0.302 e. The monoisotopic (exact) mass is 203 g/mol. The minimum absolute atomic E-state index is 0.784. The lowest BCUT2D eigenvalue weighted by Gasteiger charge is -2.13. The molecule has 1 aliphatic carbocycles. The molecule has 1 nitrogen and oxygen atoms in total. The lowest BCUT2D eigenvalue weighted by Crippen LogP contribution is -2.23. The fourth-order valence-electron chi connectivity index (χ4n) is 1.62. The summed E-state index contributed by atoms with van der Waals surface area (Å²) in [5, 5.41) is 0. The Morgan fingerprint density at radius 2 is 2.10 bits per heavy atom. The highest BCUT2D eigenvalue weighted by Crippen LogP contribution is 2.31.